The zero-order valence-electron chi connectivity index (χ0n) is 11.1. The van der Waals surface area contributed by atoms with E-state index in [0.29, 0.717) is 0 Å². The largest absolute Gasteiger partial charge is 0.346 e. The van der Waals surface area contributed by atoms with Crippen molar-refractivity contribution in [3.63, 3.8) is 0 Å². The molecule has 20 heavy (non-hydrogen) atoms. The van der Waals surface area contributed by atoms with Gasteiger partial charge in [-0.3, -0.25) is 9.48 Å². The highest BCUT2D eigenvalue weighted by atomic mass is 16.1. The summed E-state index contributed by atoms with van der Waals surface area (Å²) in [4.78, 5) is 19.2. The Kier molecular flexibility index (Phi) is 2.16. The maximum absolute atomic E-state index is 11.8. The lowest BCUT2D eigenvalue weighted by Gasteiger charge is -2.11. The van der Waals surface area contributed by atoms with E-state index >= 15 is 0 Å². The summed E-state index contributed by atoms with van der Waals surface area (Å²) in [5, 5.41) is 5.47. The van der Waals surface area contributed by atoms with Gasteiger partial charge in [0.1, 0.15) is 11.2 Å². The maximum Gasteiger partial charge on any atom is 0.157 e. The molecular formula is C15H14N4O. The predicted octanol–water partition coefficient (Wildman–Crippen LogP) is 2.50. The third kappa shape index (κ3) is 1.46. The average Bonchev–Trinajstić information content (AvgIpc) is 2.90. The number of ketones is 1. The van der Waals surface area contributed by atoms with Crippen LogP contribution in [0, 0.1) is 0 Å². The van der Waals surface area contributed by atoms with Crippen molar-refractivity contribution in [1.82, 2.24) is 19.7 Å². The minimum atomic E-state index is -0.386. The monoisotopic (exact) mass is 266 g/mol. The lowest BCUT2D eigenvalue weighted by atomic mass is 10.1. The molecule has 0 aliphatic heterocycles. The number of aromatic amines is 1. The van der Waals surface area contributed by atoms with Crippen molar-refractivity contribution in [1.29, 1.82) is 0 Å². The van der Waals surface area contributed by atoms with Gasteiger partial charge in [0.05, 0.1) is 6.20 Å². The second-order valence-electron chi connectivity index (χ2n) is 5.36. The summed E-state index contributed by atoms with van der Waals surface area (Å²) in [6, 6.07) is 3.98. The molecule has 0 bridgehead atoms. The number of aromatic nitrogens is 4. The molecule has 0 amide bonds. The number of fused-ring (bicyclic) bond motifs is 1. The van der Waals surface area contributed by atoms with Gasteiger partial charge in [0.25, 0.3) is 0 Å². The SMILES string of the molecule is CC(=O)C1(n2cc(-c3ccnc4[nH]ccc34)cn2)CC1. The van der Waals surface area contributed by atoms with E-state index in [1.807, 2.05) is 35.4 Å². The standard InChI is InChI=1S/C15H14N4O/c1-10(20)15(4-5-15)19-9-11(8-18-19)12-2-6-16-14-13(12)3-7-17-14/h2-3,6-9H,4-5H2,1H3,(H,16,17). The van der Waals surface area contributed by atoms with Crippen LogP contribution in [0.2, 0.25) is 0 Å². The summed E-state index contributed by atoms with van der Waals surface area (Å²) in [6.45, 7) is 1.64. The molecule has 1 saturated carbocycles. The Bertz CT molecular complexity index is 810. The first-order chi connectivity index (χ1) is 9.71. The Morgan fingerprint density at radius 1 is 1.40 bits per heavy atom. The van der Waals surface area contributed by atoms with E-state index in [9.17, 15) is 4.79 Å². The Balaban J connectivity index is 1.83. The zero-order chi connectivity index (χ0) is 13.7. The van der Waals surface area contributed by atoms with E-state index in [1.165, 1.54) is 0 Å². The molecular weight excluding hydrogens is 252 g/mol. The van der Waals surface area contributed by atoms with Crippen LogP contribution in [-0.2, 0) is 10.3 Å². The molecule has 1 fully saturated rings. The Morgan fingerprint density at radius 3 is 3.00 bits per heavy atom. The van der Waals surface area contributed by atoms with Crippen molar-refractivity contribution < 1.29 is 4.79 Å². The van der Waals surface area contributed by atoms with Crippen LogP contribution in [0.15, 0.2) is 36.9 Å². The van der Waals surface area contributed by atoms with Gasteiger partial charge in [-0.1, -0.05) is 0 Å². The van der Waals surface area contributed by atoms with E-state index in [1.54, 1.807) is 13.1 Å². The summed E-state index contributed by atoms with van der Waals surface area (Å²) in [7, 11) is 0. The molecule has 0 atom stereocenters. The van der Waals surface area contributed by atoms with E-state index in [2.05, 4.69) is 15.1 Å². The molecule has 3 aromatic rings. The van der Waals surface area contributed by atoms with Gasteiger partial charge in [0, 0.05) is 29.5 Å². The second-order valence-corrected chi connectivity index (χ2v) is 5.36. The first-order valence-corrected chi connectivity index (χ1v) is 6.69. The fourth-order valence-corrected chi connectivity index (χ4v) is 2.77. The summed E-state index contributed by atoms with van der Waals surface area (Å²) in [5.74, 6) is 0.189. The second kappa shape index (κ2) is 3.79. The van der Waals surface area contributed by atoms with Crippen molar-refractivity contribution >= 4 is 16.8 Å². The molecule has 5 heteroatoms. The van der Waals surface area contributed by atoms with E-state index in [4.69, 9.17) is 0 Å². The van der Waals surface area contributed by atoms with Crippen LogP contribution >= 0.6 is 0 Å². The fraction of sp³-hybridized carbons (Fsp3) is 0.267. The number of nitrogens with zero attached hydrogens (tertiary/aromatic N) is 3. The van der Waals surface area contributed by atoms with Crippen LogP contribution in [-0.4, -0.2) is 25.5 Å². The number of hydrogen-bond acceptors (Lipinski definition) is 3. The highest BCUT2D eigenvalue weighted by Gasteiger charge is 2.50. The van der Waals surface area contributed by atoms with Crippen molar-refractivity contribution in [3.05, 3.63) is 36.9 Å². The van der Waals surface area contributed by atoms with Gasteiger partial charge in [0.2, 0.25) is 0 Å². The summed E-state index contributed by atoms with van der Waals surface area (Å²) < 4.78 is 1.82. The molecule has 5 nitrogen and oxygen atoms in total. The van der Waals surface area contributed by atoms with Gasteiger partial charge in [-0.15, -0.1) is 0 Å². The molecule has 0 aromatic carbocycles. The summed E-state index contributed by atoms with van der Waals surface area (Å²) >= 11 is 0. The van der Waals surface area contributed by atoms with Crippen molar-refractivity contribution in [2.45, 2.75) is 25.3 Å². The van der Waals surface area contributed by atoms with Gasteiger partial charge >= 0.3 is 0 Å². The van der Waals surface area contributed by atoms with Gasteiger partial charge in [0.15, 0.2) is 5.78 Å². The topological polar surface area (TPSA) is 63.6 Å². The van der Waals surface area contributed by atoms with Crippen molar-refractivity contribution in [2.24, 2.45) is 0 Å². The van der Waals surface area contributed by atoms with Gasteiger partial charge < -0.3 is 4.98 Å². The van der Waals surface area contributed by atoms with Gasteiger partial charge in [-0.2, -0.15) is 5.10 Å². The number of carbonyl (C=O) groups excluding carboxylic acids is 1. The molecule has 100 valence electrons. The van der Waals surface area contributed by atoms with Gasteiger partial charge in [-0.05, 0) is 37.5 Å². The van der Waals surface area contributed by atoms with Crippen LogP contribution in [0.25, 0.3) is 22.2 Å². The third-order valence-corrected chi connectivity index (χ3v) is 4.17. The van der Waals surface area contributed by atoms with Crippen LogP contribution in [0.4, 0.5) is 0 Å². The molecule has 1 aliphatic carbocycles. The Labute approximate surface area is 115 Å². The number of Topliss-reactive ketones (excluding diaryl/α,β-unsaturated/α-hetero) is 1. The molecule has 3 aromatic heterocycles. The van der Waals surface area contributed by atoms with Crippen molar-refractivity contribution in [3.8, 4) is 11.1 Å². The smallest absolute Gasteiger partial charge is 0.157 e. The Morgan fingerprint density at radius 2 is 2.25 bits per heavy atom. The quantitative estimate of drug-likeness (QED) is 0.792. The number of H-pyrrole nitrogens is 1. The van der Waals surface area contributed by atoms with Crippen LogP contribution < -0.4 is 0 Å². The molecule has 1 aliphatic rings. The molecule has 0 spiro atoms. The van der Waals surface area contributed by atoms with E-state index in [-0.39, 0.29) is 11.3 Å². The van der Waals surface area contributed by atoms with Gasteiger partial charge in [-0.25, -0.2) is 4.98 Å². The number of hydrogen-bond donors (Lipinski definition) is 1. The predicted molar refractivity (Wildman–Crippen MR) is 75.2 cm³/mol. The zero-order valence-corrected chi connectivity index (χ0v) is 11.1. The fourth-order valence-electron chi connectivity index (χ4n) is 2.77. The summed E-state index contributed by atoms with van der Waals surface area (Å²) in [5.41, 5.74) is 2.58. The molecule has 4 rings (SSSR count). The molecule has 3 heterocycles. The molecule has 0 unspecified atom stereocenters. The van der Waals surface area contributed by atoms with E-state index < -0.39 is 0 Å². The van der Waals surface area contributed by atoms with Crippen LogP contribution in [0.3, 0.4) is 0 Å². The minimum absolute atomic E-state index is 0.189. The molecule has 0 saturated heterocycles. The maximum atomic E-state index is 11.8. The highest BCUT2D eigenvalue weighted by Crippen LogP contribution is 2.44. The Hall–Kier alpha value is -2.43. The molecule has 1 N–H and O–H groups in total. The first kappa shape index (κ1) is 11.4. The van der Waals surface area contributed by atoms with Crippen LogP contribution in [0.5, 0.6) is 0 Å². The van der Waals surface area contributed by atoms with E-state index in [0.717, 1.165) is 35.0 Å². The minimum Gasteiger partial charge on any atom is -0.346 e. The number of rotatable bonds is 3. The lowest BCUT2D eigenvalue weighted by Crippen LogP contribution is -2.25. The number of pyridine rings is 1. The first-order valence-electron chi connectivity index (χ1n) is 6.69. The third-order valence-electron chi connectivity index (χ3n) is 4.17. The molecule has 0 radical (unpaired) electrons. The lowest BCUT2D eigenvalue weighted by molar-refractivity contribution is -0.121. The average molecular weight is 266 g/mol. The van der Waals surface area contributed by atoms with Crippen LogP contribution in [0.1, 0.15) is 19.8 Å². The summed E-state index contributed by atoms with van der Waals surface area (Å²) in [6.07, 6.45) is 9.23. The van der Waals surface area contributed by atoms with Crippen molar-refractivity contribution in [2.75, 3.05) is 0 Å². The number of carbonyl (C=O) groups is 1. The number of nitrogens with one attached hydrogen (secondary N) is 1. The highest BCUT2D eigenvalue weighted by molar-refractivity contribution is 5.92. The normalized spacial score (nSPS) is 16.4.